The molecular formula is C32H21NS2. The monoisotopic (exact) mass is 483 g/mol. The fourth-order valence-corrected chi connectivity index (χ4v) is 8.69. The Balaban J connectivity index is 1.36. The van der Waals surface area contributed by atoms with Crippen LogP contribution in [0.2, 0.25) is 0 Å². The number of hydrogen-bond donors (Lipinski definition) is 0. The van der Waals surface area contributed by atoms with Gasteiger partial charge in [0, 0.05) is 33.0 Å². The molecule has 0 N–H and O–H groups in total. The summed E-state index contributed by atoms with van der Waals surface area (Å²) in [7, 11) is 0. The molecule has 166 valence electrons. The first kappa shape index (κ1) is 19.7. The molecule has 0 radical (unpaired) electrons. The maximum atomic E-state index is 4.73. The molecule has 0 saturated carbocycles. The highest BCUT2D eigenvalue weighted by molar-refractivity contribution is 7.44. The Hall–Kier alpha value is -3.53. The van der Waals surface area contributed by atoms with Crippen molar-refractivity contribution in [2.75, 3.05) is 0 Å². The number of thiophene rings is 2. The SMILES string of the molecule is CC12C=CC=CC1c1ccccc1-c1cc(-c3ccc4sc5sc6cccnc6c5c4c3)ccc12. The zero-order valence-corrected chi connectivity index (χ0v) is 20.8. The lowest BCUT2D eigenvalue weighted by atomic mass is 9.60. The third-order valence-electron chi connectivity index (χ3n) is 7.89. The van der Waals surface area contributed by atoms with E-state index in [2.05, 4.69) is 98.0 Å². The maximum Gasteiger partial charge on any atom is 0.0906 e. The van der Waals surface area contributed by atoms with Crippen LogP contribution in [-0.4, -0.2) is 4.98 Å². The van der Waals surface area contributed by atoms with Crippen LogP contribution in [0.25, 0.3) is 52.0 Å². The number of hydrogen-bond acceptors (Lipinski definition) is 3. The lowest BCUT2D eigenvalue weighted by Crippen LogP contribution is -2.32. The smallest absolute Gasteiger partial charge is 0.0906 e. The first-order chi connectivity index (χ1) is 17.2. The van der Waals surface area contributed by atoms with Gasteiger partial charge in [0.05, 0.1) is 14.2 Å². The fraction of sp³-hybridized carbons (Fsp3) is 0.0938. The highest BCUT2D eigenvalue weighted by Crippen LogP contribution is 2.54. The Morgan fingerprint density at radius 1 is 0.800 bits per heavy atom. The average Bonchev–Trinajstić information content (AvgIpc) is 3.44. The lowest BCUT2D eigenvalue weighted by molar-refractivity contribution is 0.519. The normalized spacial score (nSPS) is 20.3. The first-order valence-electron chi connectivity index (χ1n) is 12.0. The van der Waals surface area contributed by atoms with Crippen molar-refractivity contribution < 1.29 is 0 Å². The molecule has 0 saturated heterocycles. The minimum atomic E-state index is -0.0261. The van der Waals surface area contributed by atoms with Gasteiger partial charge in [-0.2, -0.15) is 0 Å². The number of benzene rings is 3. The number of rotatable bonds is 1. The van der Waals surface area contributed by atoms with Gasteiger partial charge >= 0.3 is 0 Å². The molecule has 3 aromatic carbocycles. The molecule has 0 aliphatic heterocycles. The molecule has 35 heavy (non-hydrogen) atoms. The molecule has 3 aromatic heterocycles. The summed E-state index contributed by atoms with van der Waals surface area (Å²) in [6, 6.07) is 27.2. The lowest BCUT2D eigenvalue weighted by Gasteiger charge is -2.42. The van der Waals surface area contributed by atoms with E-state index in [1.54, 1.807) is 0 Å². The van der Waals surface area contributed by atoms with Gasteiger partial charge < -0.3 is 0 Å². The standard InChI is InChI=1S/C32H21NS2/c1-32-15-5-4-9-25(32)22-8-3-2-7-21(22)23-17-19(11-13-26(23)32)20-12-14-27-24(18-20)29-30-28(10-6-16-33-30)35-31(29)34-27/h2-18,25H,1H3. The van der Waals surface area contributed by atoms with Gasteiger partial charge in [-0.25, -0.2) is 0 Å². The molecule has 3 heteroatoms. The zero-order valence-electron chi connectivity index (χ0n) is 19.2. The molecule has 6 aromatic rings. The second-order valence-electron chi connectivity index (χ2n) is 9.78. The minimum Gasteiger partial charge on any atom is -0.255 e. The second kappa shape index (κ2) is 7.00. The van der Waals surface area contributed by atoms with E-state index in [-0.39, 0.29) is 5.41 Å². The van der Waals surface area contributed by atoms with Gasteiger partial charge in [-0.3, -0.25) is 4.98 Å². The Morgan fingerprint density at radius 3 is 2.63 bits per heavy atom. The summed E-state index contributed by atoms with van der Waals surface area (Å²) in [4.78, 5) is 4.73. The average molecular weight is 484 g/mol. The highest BCUT2D eigenvalue weighted by Gasteiger charge is 2.41. The van der Waals surface area contributed by atoms with Crippen molar-refractivity contribution in [3.63, 3.8) is 0 Å². The second-order valence-corrected chi connectivity index (χ2v) is 12.1. The van der Waals surface area contributed by atoms with Crippen LogP contribution in [0.3, 0.4) is 0 Å². The van der Waals surface area contributed by atoms with Crippen molar-refractivity contribution in [1.82, 2.24) is 4.98 Å². The molecule has 8 rings (SSSR count). The van der Waals surface area contributed by atoms with Crippen molar-refractivity contribution >= 4 is 52.4 Å². The molecule has 0 bridgehead atoms. The van der Waals surface area contributed by atoms with Crippen LogP contribution in [0, 0.1) is 0 Å². The van der Waals surface area contributed by atoms with Crippen LogP contribution in [-0.2, 0) is 5.41 Å². The summed E-state index contributed by atoms with van der Waals surface area (Å²) in [5.74, 6) is 0.372. The van der Waals surface area contributed by atoms with Gasteiger partial charge in [0.25, 0.3) is 0 Å². The molecule has 0 fully saturated rings. The maximum absolute atomic E-state index is 4.73. The molecule has 0 amide bonds. The summed E-state index contributed by atoms with van der Waals surface area (Å²) < 4.78 is 3.96. The number of aromatic nitrogens is 1. The quantitative estimate of drug-likeness (QED) is 0.227. The summed E-state index contributed by atoms with van der Waals surface area (Å²) in [6.07, 6.45) is 11.1. The Morgan fingerprint density at radius 2 is 1.66 bits per heavy atom. The van der Waals surface area contributed by atoms with E-state index in [4.69, 9.17) is 4.98 Å². The van der Waals surface area contributed by atoms with E-state index < -0.39 is 0 Å². The largest absolute Gasteiger partial charge is 0.255 e. The van der Waals surface area contributed by atoms with Crippen molar-refractivity contribution in [3.05, 3.63) is 114 Å². The minimum absolute atomic E-state index is 0.0261. The predicted octanol–water partition coefficient (Wildman–Crippen LogP) is 9.48. The van der Waals surface area contributed by atoms with E-state index in [1.807, 2.05) is 34.9 Å². The van der Waals surface area contributed by atoms with Crippen molar-refractivity contribution in [2.24, 2.45) is 0 Å². The van der Waals surface area contributed by atoms with Gasteiger partial charge in [-0.05, 0) is 63.7 Å². The van der Waals surface area contributed by atoms with Crippen LogP contribution >= 0.6 is 22.7 Å². The summed E-state index contributed by atoms with van der Waals surface area (Å²) in [6.45, 7) is 2.38. The first-order valence-corrected chi connectivity index (χ1v) is 13.6. The van der Waals surface area contributed by atoms with Crippen molar-refractivity contribution in [3.8, 4) is 22.3 Å². The molecule has 1 nitrogen and oxygen atoms in total. The third-order valence-corrected chi connectivity index (χ3v) is 10.3. The zero-order chi connectivity index (χ0) is 23.1. The van der Waals surface area contributed by atoms with E-state index in [9.17, 15) is 0 Å². The summed E-state index contributed by atoms with van der Waals surface area (Å²) in [5.41, 5.74) is 9.19. The van der Waals surface area contributed by atoms with E-state index in [0.29, 0.717) is 5.92 Å². The van der Waals surface area contributed by atoms with Crippen LogP contribution in [0.4, 0.5) is 0 Å². The highest BCUT2D eigenvalue weighted by atomic mass is 32.2. The Kier molecular flexibility index (Phi) is 3.95. The van der Waals surface area contributed by atoms with Crippen LogP contribution in [0.15, 0.2) is 103 Å². The van der Waals surface area contributed by atoms with Crippen molar-refractivity contribution in [1.29, 1.82) is 0 Å². The molecule has 2 aliphatic rings. The molecular weight excluding hydrogens is 462 g/mol. The topological polar surface area (TPSA) is 12.9 Å². The van der Waals surface area contributed by atoms with Gasteiger partial charge in [-0.15, -0.1) is 22.7 Å². The molecule has 2 aliphatic carbocycles. The van der Waals surface area contributed by atoms with Gasteiger partial charge in [-0.1, -0.05) is 73.7 Å². The van der Waals surface area contributed by atoms with Gasteiger partial charge in [0.15, 0.2) is 0 Å². The number of fused-ring (bicyclic) bond motifs is 11. The molecule has 2 unspecified atom stereocenters. The van der Waals surface area contributed by atoms with E-state index >= 15 is 0 Å². The van der Waals surface area contributed by atoms with E-state index in [1.165, 1.54) is 57.6 Å². The van der Waals surface area contributed by atoms with Crippen LogP contribution in [0.1, 0.15) is 24.0 Å². The number of allylic oxidation sites excluding steroid dienone is 4. The fourth-order valence-electron chi connectivity index (χ4n) is 6.16. The molecule has 0 spiro atoms. The van der Waals surface area contributed by atoms with Crippen LogP contribution in [0.5, 0.6) is 0 Å². The van der Waals surface area contributed by atoms with E-state index in [0.717, 1.165) is 5.52 Å². The number of pyridine rings is 1. The molecule has 3 heterocycles. The third kappa shape index (κ3) is 2.65. The predicted molar refractivity (Wildman–Crippen MR) is 152 cm³/mol. The van der Waals surface area contributed by atoms with Gasteiger partial charge in [0.2, 0.25) is 0 Å². The Bertz CT molecular complexity index is 1880. The number of nitrogens with zero attached hydrogens (tertiary/aromatic N) is 1. The summed E-state index contributed by atoms with van der Waals surface area (Å²) >= 11 is 3.74. The van der Waals surface area contributed by atoms with Gasteiger partial charge in [0.1, 0.15) is 0 Å². The van der Waals surface area contributed by atoms with Crippen molar-refractivity contribution in [2.45, 2.75) is 18.3 Å². The summed E-state index contributed by atoms with van der Waals surface area (Å²) in [5, 5.41) is 2.63. The molecule has 2 atom stereocenters. The van der Waals surface area contributed by atoms with Crippen LogP contribution < -0.4 is 0 Å². The Labute approximate surface area is 211 Å².